The number of hydrogen-bond donors (Lipinski definition) is 1. The highest BCUT2D eigenvalue weighted by atomic mass is 19.1. The lowest BCUT2D eigenvalue weighted by Gasteiger charge is -2.23. The zero-order valence-electron chi connectivity index (χ0n) is 6.02. The van der Waals surface area contributed by atoms with Gasteiger partial charge >= 0.3 is 0 Å². The second-order valence-corrected chi connectivity index (χ2v) is 3.24. The molecule has 0 aromatic rings. The van der Waals surface area contributed by atoms with Crippen LogP contribution in [0.1, 0.15) is 26.7 Å². The first kappa shape index (κ1) is 7.00. The van der Waals surface area contributed by atoms with E-state index in [2.05, 4.69) is 0 Å². The minimum absolute atomic E-state index is 0.146. The molecule has 1 saturated carbocycles. The molecule has 3 atom stereocenters. The van der Waals surface area contributed by atoms with Gasteiger partial charge in [0.2, 0.25) is 0 Å². The Kier molecular flexibility index (Phi) is 1.51. The molecule has 1 nitrogen and oxygen atoms in total. The van der Waals surface area contributed by atoms with Crippen LogP contribution in [0.2, 0.25) is 0 Å². The van der Waals surface area contributed by atoms with Crippen LogP contribution in [0.15, 0.2) is 0 Å². The maximum absolute atomic E-state index is 13.3. The molecule has 0 aliphatic heterocycles. The lowest BCUT2D eigenvalue weighted by Crippen LogP contribution is -2.40. The minimum Gasteiger partial charge on any atom is -0.325 e. The largest absolute Gasteiger partial charge is 0.325 e. The third kappa shape index (κ3) is 0.960. The normalized spacial score (nSPS) is 52.0. The fourth-order valence-corrected chi connectivity index (χ4v) is 1.36. The van der Waals surface area contributed by atoms with E-state index in [-0.39, 0.29) is 12.0 Å². The molecule has 2 heteroatoms. The molecule has 1 aliphatic carbocycles. The molecule has 0 aromatic carbocycles. The van der Waals surface area contributed by atoms with Crippen LogP contribution in [0.25, 0.3) is 0 Å². The first-order chi connectivity index (χ1) is 4.05. The third-order valence-corrected chi connectivity index (χ3v) is 2.60. The van der Waals surface area contributed by atoms with E-state index in [0.717, 1.165) is 12.8 Å². The van der Waals surface area contributed by atoms with E-state index in [1.165, 1.54) is 0 Å². The predicted octanol–water partition coefficient (Wildman–Crippen LogP) is 1.47. The summed E-state index contributed by atoms with van der Waals surface area (Å²) in [6, 6.07) is -0.229. The highest BCUT2D eigenvalue weighted by Gasteiger charge is 2.42. The molecule has 0 bridgehead atoms. The fraction of sp³-hybridized carbons (Fsp3) is 1.00. The van der Waals surface area contributed by atoms with Crippen molar-refractivity contribution >= 4 is 0 Å². The Balaban J connectivity index is 2.66. The summed E-state index contributed by atoms with van der Waals surface area (Å²) in [6.45, 7) is 3.53. The molecule has 1 fully saturated rings. The first-order valence-corrected chi connectivity index (χ1v) is 3.49. The zero-order valence-corrected chi connectivity index (χ0v) is 6.02. The van der Waals surface area contributed by atoms with Gasteiger partial charge < -0.3 is 5.73 Å². The van der Waals surface area contributed by atoms with Gasteiger partial charge in [0.15, 0.2) is 0 Å². The van der Waals surface area contributed by atoms with Crippen molar-refractivity contribution in [3.8, 4) is 0 Å². The average molecular weight is 131 g/mol. The fourth-order valence-electron chi connectivity index (χ4n) is 1.36. The van der Waals surface area contributed by atoms with Crippen molar-refractivity contribution in [3.63, 3.8) is 0 Å². The van der Waals surface area contributed by atoms with Crippen LogP contribution in [0.4, 0.5) is 4.39 Å². The Morgan fingerprint density at radius 1 is 1.56 bits per heavy atom. The summed E-state index contributed by atoms with van der Waals surface area (Å²) >= 11 is 0. The van der Waals surface area contributed by atoms with E-state index in [4.69, 9.17) is 5.73 Å². The molecule has 0 heterocycles. The van der Waals surface area contributed by atoms with Gasteiger partial charge in [-0.25, -0.2) is 4.39 Å². The van der Waals surface area contributed by atoms with Gasteiger partial charge in [0.1, 0.15) is 5.67 Å². The van der Waals surface area contributed by atoms with E-state index < -0.39 is 5.67 Å². The van der Waals surface area contributed by atoms with Crippen LogP contribution < -0.4 is 5.73 Å². The van der Waals surface area contributed by atoms with Gasteiger partial charge in [-0.1, -0.05) is 6.92 Å². The average Bonchev–Trinajstić information content (AvgIpc) is 1.96. The topological polar surface area (TPSA) is 26.0 Å². The third-order valence-electron chi connectivity index (χ3n) is 2.60. The molecular weight excluding hydrogens is 117 g/mol. The van der Waals surface area contributed by atoms with Gasteiger partial charge in [0, 0.05) is 6.04 Å². The summed E-state index contributed by atoms with van der Waals surface area (Å²) < 4.78 is 13.3. The smallest absolute Gasteiger partial charge is 0.125 e. The van der Waals surface area contributed by atoms with E-state index in [0.29, 0.717) is 0 Å². The van der Waals surface area contributed by atoms with Gasteiger partial charge in [-0.2, -0.15) is 0 Å². The van der Waals surface area contributed by atoms with Crippen molar-refractivity contribution in [2.75, 3.05) is 0 Å². The molecule has 1 aliphatic rings. The van der Waals surface area contributed by atoms with Crippen molar-refractivity contribution in [1.29, 1.82) is 0 Å². The van der Waals surface area contributed by atoms with Crippen molar-refractivity contribution in [1.82, 2.24) is 0 Å². The quantitative estimate of drug-likeness (QED) is 0.529. The summed E-state index contributed by atoms with van der Waals surface area (Å²) in [5.74, 6) is 0.146. The first-order valence-electron chi connectivity index (χ1n) is 3.49. The Morgan fingerprint density at radius 3 is 2.22 bits per heavy atom. The van der Waals surface area contributed by atoms with Gasteiger partial charge in [0.05, 0.1) is 0 Å². The lowest BCUT2D eigenvalue weighted by atomic mass is 9.94. The number of alkyl halides is 1. The number of hydrogen-bond acceptors (Lipinski definition) is 1. The Labute approximate surface area is 55.4 Å². The van der Waals surface area contributed by atoms with E-state index >= 15 is 0 Å². The summed E-state index contributed by atoms with van der Waals surface area (Å²) in [4.78, 5) is 0. The van der Waals surface area contributed by atoms with E-state index in [1.807, 2.05) is 6.92 Å². The molecule has 0 amide bonds. The maximum Gasteiger partial charge on any atom is 0.125 e. The molecule has 2 N–H and O–H groups in total. The number of nitrogens with two attached hydrogens (primary N) is 1. The molecular formula is C7H14FN. The van der Waals surface area contributed by atoms with Crippen LogP contribution in [-0.2, 0) is 0 Å². The minimum atomic E-state index is -1.11. The molecule has 1 rings (SSSR count). The number of halogens is 1. The highest BCUT2D eigenvalue weighted by Crippen LogP contribution is 2.37. The summed E-state index contributed by atoms with van der Waals surface area (Å²) in [5.41, 5.74) is 4.42. The lowest BCUT2D eigenvalue weighted by molar-refractivity contribution is 0.125. The Morgan fingerprint density at radius 2 is 2.11 bits per heavy atom. The van der Waals surface area contributed by atoms with Gasteiger partial charge in [-0.3, -0.25) is 0 Å². The van der Waals surface area contributed by atoms with E-state index in [1.54, 1.807) is 6.92 Å². The van der Waals surface area contributed by atoms with Crippen molar-refractivity contribution in [2.45, 2.75) is 38.4 Å². The molecule has 0 saturated heterocycles. The molecule has 0 aromatic heterocycles. The maximum atomic E-state index is 13.3. The summed E-state index contributed by atoms with van der Waals surface area (Å²) in [7, 11) is 0. The highest BCUT2D eigenvalue weighted by molar-refractivity contribution is 4.96. The standard InChI is InChI=1S/C7H14FN/c1-5-3-4-6(9)7(5,2)8/h5-6H,3-4,9H2,1-2H3/t5-,6+,7-/m0/s1. The molecule has 0 radical (unpaired) electrons. The van der Waals surface area contributed by atoms with Crippen LogP contribution in [0.3, 0.4) is 0 Å². The van der Waals surface area contributed by atoms with Gasteiger partial charge in [-0.05, 0) is 25.7 Å². The van der Waals surface area contributed by atoms with Gasteiger partial charge in [0.25, 0.3) is 0 Å². The predicted molar refractivity (Wildman–Crippen MR) is 35.9 cm³/mol. The second kappa shape index (κ2) is 1.94. The summed E-state index contributed by atoms with van der Waals surface area (Å²) in [5, 5.41) is 0. The zero-order chi connectivity index (χ0) is 7.07. The van der Waals surface area contributed by atoms with Crippen LogP contribution in [-0.4, -0.2) is 11.7 Å². The van der Waals surface area contributed by atoms with Crippen molar-refractivity contribution in [2.24, 2.45) is 11.7 Å². The monoisotopic (exact) mass is 131 g/mol. The SMILES string of the molecule is C[C@H]1CC[C@@H](N)[C@@]1(C)F. The Hall–Kier alpha value is -0.110. The molecule has 9 heavy (non-hydrogen) atoms. The Bertz CT molecular complexity index is 99.5. The molecule has 54 valence electrons. The number of rotatable bonds is 0. The van der Waals surface area contributed by atoms with Crippen molar-refractivity contribution < 1.29 is 4.39 Å². The van der Waals surface area contributed by atoms with Gasteiger partial charge in [-0.15, -0.1) is 0 Å². The van der Waals surface area contributed by atoms with E-state index in [9.17, 15) is 4.39 Å². The van der Waals surface area contributed by atoms with Crippen LogP contribution in [0.5, 0.6) is 0 Å². The molecule has 0 unspecified atom stereocenters. The summed E-state index contributed by atoms with van der Waals surface area (Å²) in [6.07, 6.45) is 1.78. The van der Waals surface area contributed by atoms with Crippen LogP contribution in [0, 0.1) is 5.92 Å². The van der Waals surface area contributed by atoms with Crippen LogP contribution >= 0.6 is 0 Å². The van der Waals surface area contributed by atoms with Crippen molar-refractivity contribution in [3.05, 3.63) is 0 Å². The molecule has 0 spiro atoms. The second-order valence-electron chi connectivity index (χ2n) is 3.24.